The second kappa shape index (κ2) is 6.78. The van der Waals surface area contributed by atoms with Gasteiger partial charge in [0.15, 0.2) is 0 Å². The summed E-state index contributed by atoms with van der Waals surface area (Å²) in [5.41, 5.74) is 0. The lowest BCUT2D eigenvalue weighted by atomic mass is 9.94. The zero-order valence-corrected chi connectivity index (χ0v) is 10.9. The number of carboxylic acid groups (broad SMARTS) is 1. The number of halogens is 3. The number of carboxylic acids is 1. The van der Waals surface area contributed by atoms with Gasteiger partial charge in [0.2, 0.25) is 0 Å². The van der Waals surface area contributed by atoms with E-state index in [1.165, 1.54) is 0 Å². The first-order valence-electron chi connectivity index (χ1n) is 6.17. The Morgan fingerprint density at radius 2 is 2.05 bits per heavy atom. The molecule has 0 radical (unpaired) electrons. The lowest BCUT2D eigenvalue weighted by molar-refractivity contribution is -0.144. The molecule has 1 aliphatic rings. The van der Waals surface area contributed by atoms with E-state index in [2.05, 4.69) is 5.32 Å². The molecular weight excluding hydrogens is 281 g/mol. The number of ether oxygens (including phenoxy) is 1. The number of rotatable bonds is 4. The van der Waals surface area contributed by atoms with Gasteiger partial charge in [-0.15, -0.1) is 0 Å². The Balaban J connectivity index is 2.65. The lowest BCUT2D eigenvalue weighted by Gasteiger charge is -2.36. The topological polar surface area (TPSA) is 78.9 Å². The van der Waals surface area contributed by atoms with Crippen molar-refractivity contribution in [2.45, 2.75) is 25.6 Å². The first-order valence-corrected chi connectivity index (χ1v) is 6.17. The van der Waals surface area contributed by atoms with E-state index in [0.29, 0.717) is 0 Å². The number of hydrogen-bond acceptors (Lipinski definition) is 4. The minimum absolute atomic E-state index is 0.00130. The van der Waals surface area contributed by atoms with E-state index in [1.54, 1.807) is 6.92 Å². The van der Waals surface area contributed by atoms with Gasteiger partial charge in [-0.2, -0.15) is 13.2 Å². The molecule has 116 valence electrons. The predicted molar refractivity (Wildman–Crippen MR) is 62.2 cm³/mol. The Morgan fingerprint density at radius 1 is 1.40 bits per heavy atom. The standard InChI is InChI=1S/C11H17F3N2O4/c1-2-20-10(19)16-4-7(9(17)18)3-8(5-16)15-6-11(12,13)14/h7-8,15H,2-6H2,1H3,(H,17,18). The molecule has 20 heavy (non-hydrogen) atoms. The van der Waals surface area contributed by atoms with Crippen LogP contribution >= 0.6 is 0 Å². The molecule has 2 unspecified atom stereocenters. The number of nitrogens with zero attached hydrogens (tertiary/aromatic N) is 1. The molecule has 0 aromatic carbocycles. The van der Waals surface area contributed by atoms with E-state index in [9.17, 15) is 22.8 Å². The minimum atomic E-state index is -4.38. The fourth-order valence-corrected chi connectivity index (χ4v) is 2.05. The van der Waals surface area contributed by atoms with E-state index < -0.39 is 36.7 Å². The molecule has 0 bridgehead atoms. The van der Waals surface area contributed by atoms with Crippen LogP contribution in [0.3, 0.4) is 0 Å². The summed E-state index contributed by atoms with van der Waals surface area (Å²) in [7, 11) is 0. The summed E-state index contributed by atoms with van der Waals surface area (Å²) >= 11 is 0. The molecule has 0 aromatic heterocycles. The number of piperidine rings is 1. The molecule has 1 amide bonds. The highest BCUT2D eigenvalue weighted by atomic mass is 19.4. The third-order valence-corrected chi connectivity index (χ3v) is 2.92. The number of likely N-dealkylation sites (tertiary alicyclic amines) is 1. The van der Waals surface area contributed by atoms with Crippen molar-refractivity contribution < 1.29 is 32.6 Å². The molecule has 1 fully saturated rings. The van der Waals surface area contributed by atoms with E-state index in [0.717, 1.165) is 4.90 Å². The molecule has 0 spiro atoms. The monoisotopic (exact) mass is 298 g/mol. The Hall–Kier alpha value is -1.51. The largest absolute Gasteiger partial charge is 0.481 e. The van der Waals surface area contributed by atoms with Crippen molar-refractivity contribution in [2.75, 3.05) is 26.2 Å². The number of amides is 1. The molecule has 6 nitrogen and oxygen atoms in total. The summed E-state index contributed by atoms with van der Waals surface area (Å²) in [6.45, 7) is 0.432. The molecule has 0 saturated carbocycles. The Bertz CT molecular complexity index is 362. The van der Waals surface area contributed by atoms with Gasteiger partial charge >= 0.3 is 18.2 Å². The summed E-state index contributed by atoms with van der Waals surface area (Å²) in [6, 6.07) is -0.726. The molecule has 1 saturated heterocycles. The van der Waals surface area contributed by atoms with Crippen molar-refractivity contribution in [1.82, 2.24) is 10.2 Å². The van der Waals surface area contributed by atoms with Gasteiger partial charge in [-0.3, -0.25) is 4.79 Å². The average Bonchev–Trinajstić information content (AvgIpc) is 2.35. The average molecular weight is 298 g/mol. The normalized spacial score (nSPS) is 23.5. The molecule has 2 atom stereocenters. The molecule has 1 rings (SSSR count). The second-order valence-electron chi connectivity index (χ2n) is 4.57. The molecule has 1 aliphatic heterocycles. The maximum atomic E-state index is 12.2. The minimum Gasteiger partial charge on any atom is -0.481 e. The fourth-order valence-electron chi connectivity index (χ4n) is 2.05. The van der Waals surface area contributed by atoms with Crippen LogP contribution in [0.15, 0.2) is 0 Å². The number of carbonyl (C=O) groups is 2. The second-order valence-corrected chi connectivity index (χ2v) is 4.57. The lowest BCUT2D eigenvalue weighted by Crippen LogP contribution is -2.54. The van der Waals surface area contributed by atoms with Crippen molar-refractivity contribution in [3.63, 3.8) is 0 Å². The first-order chi connectivity index (χ1) is 9.23. The Morgan fingerprint density at radius 3 is 2.55 bits per heavy atom. The molecule has 1 heterocycles. The fraction of sp³-hybridized carbons (Fsp3) is 0.818. The van der Waals surface area contributed by atoms with Crippen LogP contribution in [0.2, 0.25) is 0 Å². The number of carbonyl (C=O) groups excluding carboxylic acids is 1. The molecule has 2 N–H and O–H groups in total. The van der Waals surface area contributed by atoms with E-state index in [1.807, 2.05) is 0 Å². The van der Waals surface area contributed by atoms with Gasteiger partial charge in [-0.05, 0) is 13.3 Å². The van der Waals surface area contributed by atoms with Crippen LogP contribution in [0, 0.1) is 5.92 Å². The van der Waals surface area contributed by atoms with Crippen molar-refractivity contribution in [2.24, 2.45) is 5.92 Å². The highest BCUT2D eigenvalue weighted by Gasteiger charge is 2.36. The van der Waals surface area contributed by atoms with Gasteiger partial charge < -0.3 is 20.1 Å². The zero-order chi connectivity index (χ0) is 15.3. The third kappa shape index (κ3) is 5.24. The third-order valence-electron chi connectivity index (χ3n) is 2.92. The summed E-state index contributed by atoms with van der Waals surface area (Å²) in [6.07, 6.45) is -5.05. The van der Waals surface area contributed by atoms with Gasteiger partial charge in [0.05, 0.1) is 19.1 Å². The smallest absolute Gasteiger partial charge is 0.409 e. The summed E-state index contributed by atoms with van der Waals surface area (Å²) in [4.78, 5) is 23.7. The molecule has 0 aromatic rings. The van der Waals surface area contributed by atoms with Crippen molar-refractivity contribution in [3.05, 3.63) is 0 Å². The van der Waals surface area contributed by atoms with Gasteiger partial charge in [0.25, 0.3) is 0 Å². The SMILES string of the molecule is CCOC(=O)N1CC(NCC(F)(F)F)CC(C(=O)O)C1. The van der Waals surface area contributed by atoms with Crippen LogP contribution < -0.4 is 5.32 Å². The number of nitrogens with one attached hydrogen (secondary N) is 1. The summed E-state index contributed by atoms with van der Waals surface area (Å²) in [5, 5.41) is 11.2. The number of alkyl halides is 3. The molecule has 9 heteroatoms. The van der Waals surface area contributed by atoms with Crippen molar-refractivity contribution in [3.8, 4) is 0 Å². The van der Waals surface area contributed by atoms with E-state index in [4.69, 9.17) is 9.84 Å². The van der Waals surface area contributed by atoms with Crippen LogP contribution in [-0.4, -0.2) is 60.5 Å². The van der Waals surface area contributed by atoms with Gasteiger partial charge in [0.1, 0.15) is 0 Å². The van der Waals surface area contributed by atoms with Gasteiger partial charge in [-0.25, -0.2) is 4.79 Å². The quantitative estimate of drug-likeness (QED) is 0.811. The first kappa shape index (κ1) is 16.5. The van der Waals surface area contributed by atoms with Gasteiger partial charge in [0, 0.05) is 19.1 Å². The molecule has 0 aliphatic carbocycles. The van der Waals surface area contributed by atoms with Crippen LogP contribution in [0.25, 0.3) is 0 Å². The maximum absolute atomic E-state index is 12.2. The zero-order valence-electron chi connectivity index (χ0n) is 10.9. The molecular formula is C11H17F3N2O4. The highest BCUT2D eigenvalue weighted by Crippen LogP contribution is 2.20. The highest BCUT2D eigenvalue weighted by molar-refractivity contribution is 5.73. The van der Waals surface area contributed by atoms with Crippen molar-refractivity contribution >= 4 is 12.1 Å². The van der Waals surface area contributed by atoms with Crippen LogP contribution in [0.1, 0.15) is 13.3 Å². The Kier molecular flexibility index (Phi) is 5.61. The summed E-state index contributed by atoms with van der Waals surface area (Å²) in [5.74, 6) is -2.04. The number of hydrogen-bond donors (Lipinski definition) is 2. The van der Waals surface area contributed by atoms with E-state index in [-0.39, 0.29) is 26.1 Å². The van der Waals surface area contributed by atoms with Crippen LogP contribution in [0.4, 0.5) is 18.0 Å². The van der Waals surface area contributed by atoms with E-state index >= 15 is 0 Å². The van der Waals surface area contributed by atoms with Crippen molar-refractivity contribution in [1.29, 1.82) is 0 Å². The van der Waals surface area contributed by atoms with Gasteiger partial charge in [-0.1, -0.05) is 0 Å². The maximum Gasteiger partial charge on any atom is 0.409 e. The van der Waals surface area contributed by atoms with Crippen LogP contribution in [-0.2, 0) is 9.53 Å². The summed E-state index contributed by atoms with van der Waals surface area (Å²) < 4.78 is 41.2. The predicted octanol–water partition coefficient (Wildman–Crippen LogP) is 1.07. The Labute approximate surface area is 113 Å². The number of aliphatic carboxylic acids is 1. The van der Waals surface area contributed by atoms with Crippen LogP contribution in [0.5, 0.6) is 0 Å².